The van der Waals surface area contributed by atoms with Crippen LogP contribution >= 0.6 is 0 Å². The number of hydrogen-bond acceptors (Lipinski definition) is 6. The Morgan fingerprint density at radius 1 is 1.31 bits per heavy atom. The van der Waals surface area contributed by atoms with Gasteiger partial charge >= 0.3 is 0 Å². The molecule has 1 aromatic rings. The Hall–Kier alpha value is -1.21. The molecule has 0 radical (unpaired) electrons. The molecule has 0 aliphatic rings. The van der Waals surface area contributed by atoms with Crippen molar-refractivity contribution in [3.05, 3.63) is 0 Å². The summed E-state index contributed by atoms with van der Waals surface area (Å²) in [5.74, 6) is 0.545. The Morgan fingerprint density at radius 2 is 1.92 bits per heavy atom. The molecule has 0 aromatic carbocycles. The zero-order valence-electron chi connectivity index (χ0n) is 7.46. The number of anilines is 1. The summed E-state index contributed by atoms with van der Waals surface area (Å²) in [5.41, 5.74) is 0. The number of aromatic nitrogens is 4. The monoisotopic (exact) mass is 187 g/mol. The van der Waals surface area contributed by atoms with Gasteiger partial charge in [-0.05, 0) is 10.4 Å². The minimum atomic E-state index is 0.00681. The number of nitrogens with zero attached hydrogens (tertiary/aromatic N) is 5. The molecular weight excluding hydrogens is 174 g/mol. The number of tetrazole rings is 1. The van der Waals surface area contributed by atoms with E-state index in [4.69, 9.17) is 10.2 Å². The van der Waals surface area contributed by atoms with E-state index in [9.17, 15) is 0 Å². The van der Waals surface area contributed by atoms with Gasteiger partial charge in [0.2, 0.25) is 5.95 Å². The van der Waals surface area contributed by atoms with Crippen molar-refractivity contribution in [2.24, 2.45) is 7.05 Å². The highest BCUT2D eigenvalue weighted by Crippen LogP contribution is 2.04. The van der Waals surface area contributed by atoms with Crippen LogP contribution in [0, 0.1) is 0 Å². The topological polar surface area (TPSA) is 87.3 Å². The van der Waals surface area contributed by atoms with Crippen LogP contribution in [-0.2, 0) is 7.05 Å². The molecule has 0 spiro atoms. The van der Waals surface area contributed by atoms with Crippen LogP contribution in [0.5, 0.6) is 0 Å². The van der Waals surface area contributed by atoms with E-state index in [1.54, 1.807) is 11.9 Å². The quantitative estimate of drug-likeness (QED) is 0.554. The molecule has 74 valence electrons. The molecule has 2 N–H and O–H groups in total. The summed E-state index contributed by atoms with van der Waals surface area (Å²) >= 11 is 0. The first-order valence-electron chi connectivity index (χ1n) is 3.98. The Morgan fingerprint density at radius 3 is 2.31 bits per heavy atom. The number of aliphatic hydroxyl groups excluding tert-OH is 2. The molecule has 1 rings (SSSR count). The summed E-state index contributed by atoms with van der Waals surface area (Å²) in [7, 11) is 1.71. The molecule has 7 heteroatoms. The van der Waals surface area contributed by atoms with Crippen molar-refractivity contribution in [3.63, 3.8) is 0 Å². The van der Waals surface area contributed by atoms with Crippen molar-refractivity contribution in [1.29, 1.82) is 0 Å². The van der Waals surface area contributed by atoms with Gasteiger partial charge < -0.3 is 15.1 Å². The van der Waals surface area contributed by atoms with Gasteiger partial charge in [-0.2, -0.15) is 0 Å². The van der Waals surface area contributed by atoms with E-state index in [0.29, 0.717) is 19.0 Å². The molecule has 0 aliphatic heterocycles. The van der Waals surface area contributed by atoms with Gasteiger partial charge in [-0.3, -0.25) is 0 Å². The minimum absolute atomic E-state index is 0.00681. The van der Waals surface area contributed by atoms with Gasteiger partial charge in [-0.25, -0.2) is 4.68 Å². The largest absolute Gasteiger partial charge is 0.395 e. The van der Waals surface area contributed by atoms with E-state index >= 15 is 0 Å². The highest BCUT2D eigenvalue weighted by atomic mass is 16.3. The van der Waals surface area contributed by atoms with Crippen LogP contribution in [-0.4, -0.2) is 56.7 Å². The van der Waals surface area contributed by atoms with Crippen molar-refractivity contribution >= 4 is 5.95 Å². The van der Waals surface area contributed by atoms with E-state index in [2.05, 4.69) is 15.5 Å². The average molecular weight is 187 g/mol. The van der Waals surface area contributed by atoms with E-state index in [1.165, 1.54) is 4.68 Å². The van der Waals surface area contributed by atoms with Crippen LogP contribution in [0.3, 0.4) is 0 Å². The van der Waals surface area contributed by atoms with Gasteiger partial charge in [0.1, 0.15) is 0 Å². The molecule has 13 heavy (non-hydrogen) atoms. The third kappa shape index (κ3) is 2.36. The normalized spacial score (nSPS) is 10.4. The van der Waals surface area contributed by atoms with Crippen LogP contribution in [0.1, 0.15) is 0 Å². The van der Waals surface area contributed by atoms with E-state index in [1.807, 2.05) is 0 Å². The van der Waals surface area contributed by atoms with Gasteiger partial charge in [0, 0.05) is 20.1 Å². The van der Waals surface area contributed by atoms with Crippen LogP contribution in [0.25, 0.3) is 0 Å². The Balaban J connectivity index is 2.69. The second-order valence-corrected chi connectivity index (χ2v) is 2.54. The number of aryl methyl sites for hydroxylation is 1. The fourth-order valence-corrected chi connectivity index (χ4v) is 1.05. The number of aliphatic hydroxyl groups is 2. The Bertz CT molecular complexity index is 245. The SMILES string of the molecule is Cn1nnnc1N(CCO)CCO. The van der Waals surface area contributed by atoms with Gasteiger partial charge in [-0.15, -0.1) is 0 Å². The zero-order chi connectivity index (χ0) is 9.68. The lowest BCUT2D eigenvalue weighted by Crippen LogP contribution is -2.32. The van der Waals surface area contributed by atoms with Crippen LogP contribution in [0.2, 0.25) is 0 Å². The smallest absolute Gasteiger partial charge is 0.245 e. The van der Waals surface area contributed by atoms with Gasteiger partial charge in [0.15, 0.2) is 0 Å². The molecule has 0 unspecified atom stereocenters. The molecule has 0 aliphatic carbocycles. The number of rotatable bonds is 5. The van der Waals surface area contributed by atoms with Crippen molar-refractivity contribution in [1.82, 2.24) is 20.2 Å². The first kappa shape index (κ1) is 9.87. The highest BCUT2D eigenvalue weighted by Gasteiger charge is 2.11. The summed E-state index contributed by atoms with van der Waals surface area (Å²) in [6.07, 6.45) is 0. The van der Waals surface area contributed by atoms with Crippen molar-refractivity contribution in [2.45, 2.75) is 0 Å². The predicted octanol–water partition coefficient (Wildman–Crippen LogP) is -2.00. The van der Waals surface area contributed by atoms with Crippen molar-refractivity contribution in [3.8, 4) is 0 Å². The van der Waals surface area contributed by atoms with E-state index in [0.717, 1.165) is 0 Å². The molecule has 1 heterocycles. The fraction of sp³-hybridized carbons (Fsp3) is 0.833. The average Bonchev–Trinajstić information content (AvgIpc) is 2.51. The summed E-state index contributed by atoms with van der Waals surface area (Å²) in [4.78, 5) is 1.71. The molecule has 0 saturated carbocycles. The lowest BCUT2D eigenvalue weighted by molar-refractivity contribution is 0.279. The fourth-order valence-electron chi connectivity index (χ4n) is 1.05. The van der Waals surface area contributed by atoms with E-state index in [-0.39, 0.29) is 13.2 Å². The first-order chi connectivity index (χ1) is 6.29. The maximum absolute atomic E-state index is 8.75. The molecule has 0 saturated heterocycles. The summed E-state index contributed by atoms with van der Waals surface area (Å²) in [6.45, 7) is 0.837. The Kier molecular flexibility index (Phi) is 3.59. The molecule has 0 amide bonds. The number of hydrogen-bond donors (Lipinski definition) is 2. The lowest BCUT2D eigenvalue weighted by atomic mass is 10.5. The molecule has 0 atom stereocenters. The minimum Gasteiger partial charge on any atom is -0.395 e. The molecular formula is C6H13N5O2. The zero-order valence-corrected chi connectivity index (χ0v) is 7.46. The van der Waals surface area contributed by atoms with Gasteiger partial charge in [-0.1, -0.05) is 5.10 Å². The van der Waals surface area contributed by atoms with Crippen molar-refractivity contribution < 1.29 is 10.2 Å². The molecule has 1 aromatic heterocycles. The second kappa shape index (κ2) is 4.73. The third-order valence-corrected chi connectivity index (χ3v) is 1.62. The predicted molar refractivity (Wildman–Crippen MR) is 45.2 cm³/mol. The van der Waals surface area contributed by atoms with Crippen LogP contribution < -0.4 is 4.90 Å². The van der Waals surface area contributed by atoms with Crippen LogP contribution in [0.4, 0.5) is 5.95 Å². The van der Waals surface area contributed by atoms with Gasteiger partial charge in [0.25, 0.3) is 0 Å². The molecule has 0 bridgehead atoms. The third-order valence-electron chi connectivity index (χ3n) is 1.62. The molecule has 7 nitrogen and oxygen atoms in total. The maximum Gasteiger partial charge on any atom is 0.245 e. The van der Waals surface area contributed by atoms with Crippen LogP contribution in [0.15, 0.2) is 0 Å². The highest BCUT2D eigenvalue weighted by molar-refractivity contribution is 5.27. The standard InChI is InChI=1S/C6H13N5O2/c1-10-6(7-8-9-10)11(2-4-12)3-5-13/h12-13H,2-5H2,1H3. The summed E-state index contributed by atoms with van der Waals surface area (Å²) in [6, 6.07) is 0. The van der Waals surface area contributed by atoms with E-state index < -0.39 is 0 Å². The second-order valence-electron chi connectivity index (χ2n) is 2.54. The maximum atomic E-state index is 8.75. The molecule has 0 fully saturated rings. The summed E-state index contributed by atoms with van der Waals surface area (Å²) in [5, 5.41) is 28.4. The Labute approximate surface area is 75.6 Å². The van der Waals surface area contributed by atoms with Crippen molar-refractivity contribution in [2.75, 3.05) is 31.2 Å². The first-order valence-corrected chi connectivity index (χ1v) is 3.98. The summed E-state index contributed by atoms with van der Waals surface area (Å²) < 4.78 is 1.49. The van der Waals surface area contributed by atoms with Gasteiger partial charge in [0.05, 0.1) is 13.2 Å². The lowest BCUT2D eigenvalue weighted by Gasteiger charge is -2.19.